The zero-order valence-corrected chi connectivity index (χ0v) is 9.15. The first-order chi connectivity index (χ1) is 3.81. The lowest BCUT2D eigenvalue weighted by Gasteiger charge is -2.01. The first kappa shape index (κ1) is 17.0. The lowest BCUT2D eigenvalue weighted by Crippen LogP contribution is -3.00. The van der Waals surface area contributed by atoms with Gasteiger partial charge in [0.2, 0.25) is 0 Å². The van der Waals surface area contributed by atoms with E-state index < -0.39 is 0 Å². The first-order valence-electron chi connectivity index (χ1n) is 2.55. The monoisotopic (exact) mass is 280 g/mol. The van der Waals surface area contributed by atoms with Crippen molar-refractivity contribution >= 4 is 0 Å². The number of halogens is 2. The number of quaternary nitrogens is 2. The molecule has 0 radical (unpaired) electrons. The van der Waals surface area contributed by atoms with Gasteiger partial charge < -0.3 is 34.0 Å². The van der Waals surface area contributed by atoms with Gasteiger partial charge in [-0.1, -0.05) is 6.92 Å². The van der Waals surface area contributed by atoms with Crippen LogP contribution in [-0.2, 0) is 9.68 Å². The van der Waals surface area contributed by atoms with Gasteiger partial charge >= 0.3 is 0 Å². The van der Waals surface area contributed by atoms with Crippen LogP contribution in [0.5, 0.6) is 0 Å². The largest absolute Gasteiger partial charge is 1.00 e. The van der Waals surface area contributed by atoms with Gasteiger partial charge in [-0.2, -0.15) is 0 Å². The summed E-state index contributed by atoms with van der Waals surface area (Å²) >= 11 is 0. The lowest BCUT2D eigenvalue weighted by atomic mass is 10.2. The molecule has 0 saturated heterocycles. The predicted octanol–water partition coefficient (Wildman–Crippen LogP) is -8.02. The molecule has 0 saturated carbocycles. The van der Waals surface area contributed by atoms with Crippen LogP contribution in [0.15, 0.2) is 0 Å². The van der Waals surface area contributed by atoms with E-state index in [1.807, 2.05) is 6.92 Å². The Hall–Kier alpha value is 0.800. The van der Waals surface area contributed by atoms with Crippen LogP contribution in [0.4, 0.5) is 0 Å². The first-order valence-corrected chi connectivity index (χ1v) is 2.55. The van der Waals surface area contributed by atoms with E-state index in [2.05, 4.69) is 21.5 Å². The predicted molar refractivity (Wildman–Crippen MR) is 26.8 cm³/mol. The van der Waals surface area contributed by atoms with Gasteiger partial charge in [-0.3, -0.25) is 0 Å². The number of rotatable bonds is 4. The summed E-state index contributed by atoms with van der Waals surface area (Å²) < 4.78 is 0. The summed E-state index contributed by atoms with van der Waals surface area (Å²) in [6.45, 7) is 3.28. The van der Waals surface area contributed by atoms with Crippen LogP contribution in [0.1, 0.15) is 6.92 Å². The maximum absolute atomic E-state index is 4.60. The van der Waals surface area contributed by atoms with E-state index >= 15 is 0 Å². The minimum absolute atomic E-state index is 0. The van der Waals surface area contributed by atoms with Crippen molar-refractivity contribution in [2.24, 2.45) is 5.92 Å². The summed E-state index contributed by atoms with van der Waals surface area (Å²) in [5, 5.41) is 0. The fourth-order valence-corrected chi connectivity index (χ4v) is 0.450. The molecule has 0 aliphatic rings. The molecule has 0 fully saturated rings. The molecule has 0 amide bonds. The Kier molecular flexibility index (Phi) is 21.3. The van der Waals surface area contributed by atoms with Crippen LogP contribution < -0.4 is 45.8 Å². The topological polar surface area (TPSA) is 73.7 Å². The normalized spacial score (nSPS) is 8.40. The zero-order chi connectivity index (χ0) is 6.41. The summed E-state index contributed by atoms with van der Waals surface area (Å²) in [4.78, 5) is 9.20. The third kappa shape index (κ3) is 11.6. The zero-order valence-electron chi connectivity index (χ0n) is 5.98. The minimum atomic E-state index is 0. The van der Waals surface area contributed by atoms with Gasteiger partial charge in [0.25, 0.3) is 0 Å². The average molecular weight is 282 g/mol. The molecule has 0 atom stereocenters. The Bertz CT molecular complexity index is 52.5. The second-order valence-corrected chi connectivity index (χ2v) is 1.85. The molecule has 0 aromatic rings. The molecule has 0 spiro atoms. The van der Waals surface area contributed by atoms with Gasteiger partial charge in [0.15, 0.2) is 0 Å². The van der Waals surface area contributed by atoms with Crippen molar-refractivity contribution in [1.29, 1.82) is 0 Å². The Morgan fingerprint density at radius 2 is 1.40 bits per heavy atom. The van der Waals surface area contributed by atoms with Crippen molar-refractivity contribution in [3.63, 3.8) is 0 Å². The van der Waals surface area contributed by atoms with Crippen molar-refractivity contribution in [1.82, 2.24) is 0 Å². The second kappa shape index (κ2) is 12.5. The maximum atomic E-state index is 4.60. The second-order valence-electron chi connectivity index (χ2n) is 1.85. The van der Waals surface area contributed by atoms with Crippen molar-refractivity contribution < 1.29 is 55.4 Å². The Morgan fingerprint density at radius 3 is 1.60 bits per heavy atom. The molecule has 0 aromatic carbocycles. The third-order valence-electron chi connectivity index (χ3n) is 0.805. The molecular weight excluding hydrogens is 268 g/mol. The van der Waals surface area contributed by atoms with Crippen LogP contribution in [0.25, 0.3) is 0 Å². The van der Waals surface area contributed by atoms with Crippen molar-refractivity contribution in [2.75, 3.05) is 13.2 Å². The van der Waals surface area contributed by atoms with E-state index in [-0.39, 0.29) is 34.0 Å². The van der Waals surface area contributed by atoms with Crippen LogP contribution in [-0.4, -0.2) is 13.2 Å². The molecule has 0 aromatic heterocycles. The Balaban J connectivity index is -0.000000245. The van der Waals surface area contributed by atoms with Gasteiger partial charge in [-0.05, 0) is 0 Å². The molecule has 10 heavy (non-hydrogen) atoms. The quantitative estimate of drug-likeness (QED) is 0.503. The van der Waals surface area contributed by atoms with Crippen LogP contribution in [0.2, 0.25) is 0 Å². The highest BCUT2D eigenvalue weighted by Crippen LogP contribution is 1.90. The highest BCUT2D eigenvalue weighted by atomic mass is 79.9. The molecule has 0 heterocycles. The average Bonchev–Trinajstić information content (AvgIpc) is 1.68. The molecule has 6 N–H and O–H groups in total. The van der Waals surface area contributed by atoms with E-state index in [0.717, 1.165) is 0 Å². The molecular formula is C4H14Br2N2O2. The molecule has 0 aliphatic heterocycles. The summed E-state index contributed by atoms with van der Waals surface area (Å²) in [5.41, 5.74) is 0. The minimum Gasteiger partial charge on any atom is -1.00 e. The summed E-state index contributed by atoms with van der Waals surface area (Å²) in [7, 11) is 0. The van der Waals surface area contributed by atoms with Crippen LogP contribution in [0, 0.1) is 5.92 Å². The van der Waals surface area contributed by atoms with Gasteiger partial charge in [0, 0.05) is 5.92 Å². The molecule has 0 bridgehead atoms. The Labute approximate surface area is 81.7 Å². The van der Waals surface area contributed by atoms with E-state index in [1.165, 1.54) is 0 Å². The fourth-order valence-electron chi connectivity index (χ4n) is 0.450. The van der Waals surface area contributed by atoms with E-state index in [1.54, 1.807) is 0 Å². The number of hydrogen-bond acceptors (Lipinski definition) is 2. The van der Waals surface area contributed by atoms with Gasteiger partial charge in [0.05, 0.1) is 0 Å². The lowest BCUT2D eigenvalue weighted by molar-refractivity contribution is -0.702. The summed E-state index contributed by atoms with van der Waals surface area (Å²) in [5.74, 6) is 6.86. The van der Waals surface area contributed by atoms with E-state index in [0.29, 0.717) is 19.1 Å². The molecule has 6 heteroatoms. The summed E-state index contributed by atoms with van der Waals surface area (Å²) in [6.07, 6.45) is 0. The Morgan fingerprint density at radius 1 is 1.10 bits per heavy atom. The van der Waals surface area contributed by atoms with Gasteiger partial charge in [-0.25, -0.2) is 21.5 Å². The molecule has 0 aliphatic carbocycles. The van der Waals surface area contributed by atoms with E-state index in [9.17, 15) is 0 Å². The van der Waals surface area contributed by atoms with Crippen LogP contribution >= 0.6 is 0 Å². The van der Waals surface area contributed by atoms with Crippen molar-refractivity contribution in [3.05, 3.63) is 0 Å². The third-order valence-corrected chi connectivity index (χ3v) is 0.805. The van der Waals surface area contributed by atoms with Crippen LogP contribution in [0.3, 0.4) is 0 Å². The summed E-state index contributed by atoms with van der Waals surface area (Å²) in [6, 6.07) is 0. The molecule has 0 rings (SSSR count). The SMILES string of the molecule is CC(CO[NH3+])CO[NH3+].[Br-].[Br-]. The van der Waals surface area contributed by atoms with E-state index in [4.69, 9.17) is 0 Å². The standard InChI is InChI=1S/C4H14N2O2.2BrH/c1-4(2-7-5)3-8-6;;/h4H,2-3H2,1,5-6H3;2*1H/q+2;;/p-2. The fraction of sp³-hybridized carbons (Fsp3) is 1.00. The van der Waals surface area contributed by atoms with Gasteiger partial charge in [-0.15, -0.1) is 0 Å². The van der Waals surface area contributed by atoms with Crippen molar-refractivity contribution in [3.8, 4) is 0 Å². The highest BCUT2D eigenvalue weighted by Gasteiger charge is 2.01. The molecule has 66 valence electrons. The smallest absolute Gasteiger partial charge is 0.111 e. The van der Waals surface area contributed by atoms with Crippen molar-refractivity contribution in [2.45, 2.75) is 6.92 Å². The molecule has 4 nitrogen and oxygen atoms in total. The molecule has 0 unspecified atom stereocenters. The van der Waals surface area contributed by atoms with Gasteiger partial charge in [0.1, 0.15) is 13.2 Å². The highest BCUT2D eigenvalue weighted by molar-refractivity contribution is 4.43. The number of hydrogen-bond donors (Lipinski definition) is 2. The maximum Gasteiger partial charge on any atom is 0.111 e.